The Labute approximate surface area is 339 Å². The predicted octanol–water partition coefficient (Wildman–Crippen LogP) is 9.89. The van der Waals surface area contributed by atoms with Crippen LogP contribution in [0.5, 0.6) is 0 Å². The Morgan fingerprint density at radius 1 is 0.500 bits per heavy atom. The second-order valence-electron chi connectivity index (χ2n) is 11.9. The average Bonchev–Trinajstić information content (AvgIpc) is 3.20. The van der Waals surface area contributed by atoms with E-state index in [0.29, 0.717) is 22.7 Å². The van der Waals surface area contributed by atoms with Crippen LogP contribution in [0.2, 0.25) is 0 Å². The first-order valence-corrected chi connectivity index (χ1v) is 19.8. The van der Waals surface area contributed by atoms with Crippen molar-refractivity contribution in [1.29, 1.82) is 0 Å². The number of aliphatic imine (C=N–C) groups is 1. The minimum absolute atomic E-state index is 0.114. The van der Waals surface area contributed by atoms with E-state index in [0.717, 1.165) is 48.5 Å². The molecule has 6 aromatic rings. The number of alkyl halides is 6. The molecule has 0 aliphatic rings. The number of rotatable bonds is 9. The number of amides is 2. The summed E-state index contributed by atoms with van der Waals surface area (Å²) in [6, 6.07) is 35.7. The molecule has 60 heavy (non-hydrogen) atoms. The monoisotopic (exact) mass is 870 g/mol. The third kappa shape index (κ3) is 14.3. The van der Waals surface area contributed by atoms with Gasteiger partial charge in [0.15, 0.2) is 0 Å². The van der Waals surface area contributed by atoms with Gasteiger partial charge in [-0.25, -0.2) is 26.4 Å². The highest BCUT2D eigenvalue weighted by molar-refractivity contribution is 7.93. The van der Waals surface area contributed by atoms with Gasteiger partial charge < -0.3 is 16.4 Å². The second kappa shape index (κ2) is 20.0. The molecule has 0 aliphatic heterocycles. The van der Waals surface area contributed by atoms with Gasteiger partial charge in [0.05, 0.1) is 26.6 Å². The molecule has 6 N–H and O–H groups in total. The molecule has 2 amide bonds. The van der Waals surface area contributed by atoms with Gasteiger partial charge in [0.25, 0.3) is 20.0 Å². The van der Waals surface area contributed by atoms with E-state index >= 15 is 0 Å². The number of nitrogen functional groups attached to an aromatic ring is 1. The van der Waals surface area contributed by atoms with Crippen molar-refractivity contribution in [2.75, 3.05) is 25.8 Å². The summed E-state index contributed by atoms with van der Waals surface area (Å²) in [6.45, 7) is 0. The third-order valence-electron chi connectivity index (χ3n) is 7.50. The van der Waals surface area contributed by atoms with E-state index in [4.69, 9.17) is 5.73 Å². The SMILES string of the molecule is Nc1ccc(NS(=O)(=O)c2ccccc2)cc1.O=C(Nc1ccc(NS(=O)(=O)c2ccccc2)cc1)Nc1ccc(C(F)(F)F)cc1.O=C=Nc1ccc(C(F)(F)F)cc1. The van der Waals surface area contributed by atoms with Crippen molar-refractivity contribution in [2.45, 2.75) is 22.1 Å². The molecule has 6 aromatic carbocycles. The van der Waals surface area contributed by atoms with Gasteiger partial charge in [0.2, 0.25) is 6.08 Å². The topological polar surface area (TPSA) is 189 Å². The number of isocyanates is 1. The molecule has 0 bridgehead atoms. The number of anilines is 5. The normalized spacial score (nSPS) is 11.2. The van der Waals surface area contributed by atoms with Crippen LogP contribution in [-0.2, 0) is 37.2 Å². The van der Waals surface area contributed by atoms with Crippen molar-refractivity contribution in [3.63, 3.8) is 0 Å². The lowest BCUT2D eigenvalue weighted by molar-refractivity contribution is -0.138. The van der Waals surface area contributed by atoms with Crippen molar-refractivity contribution >= 4 is 66.3 Å². The molecule has 0 unspecified atom stereocenters. The number of carbonyl (C=O) groups excluding carboxylic acids is 2. The molecule has 6 rings (SSSR count). The molecule has 12 nitrogen and oxygen atoms in total. The quantitative estimate of drug-likeness (QED) is 0.0414. The highest BCUT2D eigenvalue weighted by atomic mass is 32.2. The zero-order valence-electron chi connectivity index (χ0n) is 30.6. The zero-order chi connectivity index (χ0) is 44.0. The molecule has 0 spiro atoms. The number of nitrogens with one attached hydrogen (secondary N) is 4. The van der Waals surface area contributed by atoms with Crippen LogP contribution in [0.15, 0.2) is 173 Å². The lowest BCUT2D eigenvalue weighted by atomic mass is 10.2. The van der Waals surface area contributed by atoms with E-state index < -0.39 is 49.6 Å². The first kappa shape index (κ1) is 45.6. The van der Waals surface area contributed by atoms with Crippen LogP contribution in [0.4, 0.5) is 65.3 Å². The van der Waals surface area contributed by atoms with Crippen LogP contribution in [0.1, 0.15) is 11.1 Å². The van der Waals surface area contributed by atoms with Gasteiger partial charge in [-0.15, -0.1) is 0 Å². The number of halogens is 6. The number of carbonyl (C=O) groups is 1. The summed E-state index contributed by atoms with van der Waals surface area (Å²) in [6.07, 6.45) is -7.58. The van der Waals surface area contributed by atoms with Crippen LogP contribution in [0.3, 0.4) is 0 Å². The van der Waals surface area contributed by atoms with Crippen molar-refractivity contribution in [3.05, 3.63) is 169 Å². The summed E-state index contributed by atoms with van der Waals surface area (Å²) < 4.78 is 127. The fraction of sp³-hybridized carbons (Fsp3) is 0.0500. The summed E-state index contributed by atoms with van der Waals surface area (Å²) in [4.78, 5) is 25.3. The van der Waals surface area contributed by atoms with Crippen LogP contribution < -0.4 is 25.8 Å². The Kier molecular flexibility index (Phi) is 15.2. The molecule has 312 valence electrons. The molecule has 0 aromatic heterocycles. The van der Waals surface area contributed by atoms with Crippen molar-refractivity contribution in [3.8, 4) is 0 Å². The molecule has 0 atom stereocenters. The van der Waals surface area contributed by atoms with E-state index in [-0.39, 0.29) is 21.2 Å². The van der Waals surface area contributed by atoms with E-state index in [1.54, 1.807) is 72.8 Å². The van der Waals surface area contributed by atoms with E-state index in [1.165, 1.54) is 42.5 Å². The Morgan fingerprint density at radius 3 is 1.20 bits per heavy atom. The van der Waals surface area contributed by atoms with Gasteiger partial charge in [0, 0.05) is 28.4 Å². The molecule has 0 saturated heterocycles. The molecular formula is C40H32F6N6O6S2. The van der Waals surface area contributed by atoms with Gasteiger partial charge in [-0.1, -0.05) is 36.4 Å². The fourth-order valence-electron chi connectivity index (χ4n) is 4.61. The zero-order valence-corrected chi connectivity index (χ0v) is 32.2. The summed E-state index contributed by atoms with van der Waals surface area (Å²) in [7, 11) is -7.25. The van der Waals surface area contributed by atoms with Crippen molar-refractivity contribution < 1.29 is 52.8 Å². The van der Waals surface area contributed by atoms with Gasteiger partial charge in [-0.2, -0.15) is 31.3 Å². The van der Waals surface area contributed by atoms with Crippen molar-refractivity contribution in [2.24, 2.45) is 4.99 Å². The maximum Gasteiger partial charge on any atom is 0.416 e. The first-order valence-electron chi connectivity index (χ1n) is 16.9. The Bertz CT molecular complexity index is 2590. The highest BCUT2D eigenvalue weighted by Gasteiger charge is 2.30. The third-order valence-corrected chi connectivity index (χ3v) is 10.3. The van der Waals surface area contributed by atoms with Gasteiger partial charge >= 0.3 is 18.4 Å². The van der Waals surface area contributed by atoms with Crippen molar-refractivity contribution in [1.82, 2.24) is 0 Å². The highest BCUT2D eigenvalue weighted by Crippen LogP contribution is 2.31. The molecule has 0 saturated carbocycles. The Morgan fingerprint density at radius 2 is 0.833 bits per heavy atom. The smallest absolute Gasteiger partial charge is 0.399 e. The molecular weight excluding hydrogens is 839 g/mol. The van der Waals surface area contributed by atoms with Crippen LogP contribution in [0.25, 0.3) is 0 Å². The summed E-state index contributed by atoms with van der Waals surface area (Å²) in [5.41, 5.74) is 6.02. The molecule has 20 heteroatoms. The fourth-order valence-corrected chi connectivity index (χ4v) is 6.77. The van der Waals surface area contributed by atoms with Crippen LogP contribution in [0, 0.1) is 0 Å². The predicted molar refractivity (Wildman–Crippen MR) is 215 cm³/mol. The Balaban J connectivity index is 0.000000222. The van der Waals surface area contributed by atoms with Crippen LogP contribution >= 0.6 is 0 Å². The number of sulfonamides is 2. The van der Waals surface area contributed by atoms with E-state index in [2.05, 4.69) is 25.1 Å². The van der Waals surface area contributed by atoms with E-state index in [1.807, 2.05) is 0 Å². The average molecular weight is 871 g/mol. The number of hydrogen-bond acceptors (Lipinski definition) is 8. The number of hydrogen-bond donors (Lipinski definition) is 5. The van der Waals surface area contributed by atoms with Gasteiger partial charge in [-0.3, -0.25) is 9.44 Å². The maximum atomic E-state index is 12.6. The minimum Gasteiger partial charge on any atom is -0.399 e. The molecule has 0 heterocycles. The second-order valence-corrected chi connectivity index (χ2v) is 15.3. The largest absolute Gasteiger partial charge is 0.416 e. The first-order chi connectivity index (χ1) is 28.2. The minimum atomic E-state index is -4.45. The Hall–Kier alpha value is -7.15. The van der Waals surface area contributed by atoms with Gasteiger partial charge in [-0.05, 0) is 121 Å². The number of nitrogens with two attached hydrogens (primary N) is 1. The molecule has 0 fully saturated rings. The summed E-state index contributed by atoms with van der Waals surface area (Å²) in [5, 5.41) is 4.92. The number of nitrogens with zero attached hydrogens (tertiary/aromatic N) is 1. The molecule has 0 radical (unpaired) electrons. The summed E-state index contributed by atoms with van der Waals surface area (Å²) >= 11 is 0. The van der Waals surface area contributed by atoms with E-state index in [9.17, 15) is 52.8 Å². The van der Waals surface area contributed by atoms with Crippen LogP contribution in [-0.4, -0.2) is 28.9 Å². The standard InChI is InChI=1S/C20H16F3N3O3S.C12H12N2O2S.C8H4F3NO/c21-20(22,23)14-6-8-15(9-7-14)24-19(27)25-16-10-12-17(13-11-16)26-30(28,29)18-4-2-1-3-5-18;13-10-6-8-11(9-7-10)14-17(15,16)12-4-2-1-3-5-12;9-8(10,11)6-1-3-7(4-2-6)12-5-13/h1-13,26H,(H2,24,25,27);1-9,14H,13H2;1-4H. The maximum absolute atomic E-state index is 12.6. The lowest BCUT2D eigenvalue weighted by Crippen LogP contribution is -2.19. The number of urea groups is 1. The number of benzene rings is 6. The lowest BCUT2D eigenvalue weighted by Gasteiger charge is -2.11. The molecule has 0 aliphatic carbocycles. The summed E-state index contributed by atoms with van der Waals surface area (Å²) in [5.74, 6) is 0. The van der Waals surface area contributed by atoms with Gasteiger partial charge in [0.1, 0.15) is 0 Å².